The number of amides is 4. The van der Waals surface area contributed by atoms with Crippen LogP contribution < -0.4 is 0 Å². The smallest absolute Gasteiger partial charge is 0.412 e. The third-order valence-corrected chi connectivity index (χ3v) is 13.4. The summed E-state index contributed by atoms with van der Waals surface area (Å²) in [5.41, 5.74) is -2.25. The second-order valence-electron chi connectivity index (χ2n) is 14.4. The number of rotatable bonds is 12. The number of fused-ring (bicyclic) bond motifs is 1. The number of hydrogen-bond acceptors (Lipinski definition) is 13. The van der Waals surface area contributed by atoms with Crippen LogP contribution in [0.4, 0.5) is 21.0 Å². The maximum atomic E-state index is 13.9. The highest BCUT2D eigenvalue weighted by Crippen LogP contribution is 2.60. The molecule has 4 aliphatic heterocycles. The van der Waals surface area contributed by atoms with Gasteiger partial charge in [-0.05, 0) is 43.5 Å². The van der Waals surface area contributed by atoms with Crippen LogP contribution in [-0.4, -0.2) is 120 Å². The first-order valence-corrected chi connectivity index (χ1v) is 19.8. The van der Waals surface area contributed by atoms with E-state index in [0.29, 0.717) is 15.4 Å². The summed E-state index contributed by atoms with van der Waals surface area (Å²) in [6, 6.07) is 9.35. The minimum Gasteiger partial charge on any atom is -0.477 e. The fourth-order valence-electron chi connectivity index (χ4n) is 8.15. The zero-order valence-corrected chi connectivity index (χ0v) is 31.7. The Morgan fingerprint density at radius 1 is 1.00 bits per heavy atom. The van der Waals surface area contributed by atoms with Crippen LogP contribution in [0.25, 0.3) is 0 Å². The lowest BCUT2D eigenvalue weighted by Gasteiger charge is -2.51. The van der Waals surface area contributed by atoms with Crippen LogP contribution in [0.1, 0.15) is 38.3 Å². The molecule has 0 radical (unpaired) electrons. The van der Waals surface area contributed by atoms with Gasteiger partial charge in [-0.3, -0.25) is 34.8 Å². The second kappa shape index (κ2) is 14.1. The molecule has 0 aliphatic carbocycles. The highest BCUT2D eigenvalue weighted by molar-refractivity contribution is 8.03. The van der Waals surface area contributed by atoms with Crippen molar-refractivity contribution in [3.8, 4) is 0 Å². The number of nitro benzene ring substituents is 2. The van der Waals surface area contributed by atoms with Crippen LogP contribution in [0.3, 0.4) is 0 Å². The standard InChI is InChI=1S/C34H38N6O13S2/c1-19(41)25-27-33(2,15-20-5-9-22(10-6-20)39(47)48)28(26(30(43)44)38(27)29(25)42)54-24-16-34(3,35-13-14-37(31(35)45)55(4,51)52)36(17-24)32(46)53-18-21-7-11-23(12-8-21)40(49)50/h5-12,19,24-25,27,41H,13-18H2,1-4H3,(H,43,44)/t19-,24+,25-,27+,33-,34+/m1/s1. The molecule has 0 spiro atoms. The molecule has 294 valence electrons. The van der Waals surface area contributed by atoms with E-state index >= 15 is 0 Å². The lowest BCUT2D eigenvalue weighted by molar-refractivity contribution is -0.385. The third-order valence-electron chi connectivity index (χ3n) is 10.8. The Kier molecular flexibility index (Phi) is 10.1. The van der Waals surface area contributed by atoms with Crippen molar-refractivity contribution in [1.29, 1.82) is 0 Å². The van der Waals surface area contributed by atoms with Crippen molar-refractivity contribution in [2.24, 2.45) is 11.3 Å². The van der Waals surface area contributed by atoms with Crippen molar-refractivity contribution in [1.82, 2.24) is 19.0 Å². The number of ether oxygens (including phenoxy) is 1. The number of non-ortho nitro benzene ring substituents is 2. The second-order valence-corrected chi connectivity index (χ2v) is 17.7. The number of sulfonamides is 1. The summed E-state index contributed by atoms with van der Waals surface area (Å²) in [6.07, 6.45) is -1.02. The van der Waals surface area contributed by atoms with E-state index in [-0.39, 0.29) is 61.1 Å². The maximum Gasteiger partial charge on any atom is 0.412 e. The van der Waals surface area contributed by atoms with Gasteiger partial charge in [0, 0.05) is 59.3 Å². The Morgan fingerprint density at radius 2 is 1.56 bits per heavy atom. The number of aliphatic carboxylic acids is 1. The Bertz CT molecular complexity index is 2110. The molecular formula is C34H38N6O13S2. The molecule has 21 heteroatoms. The van der Waals surface area contributed by atoms with Gasteiger partial charge in [-0.15, -0.1) is 11.8 Å². The van der Waals surface area contributed by atoms with Gasteiger partial charge in [0.05, 0.1) is 40.7 Å². The van der Waals surface area contributed by atoms with E-state index in [1.165, 1.54) is 65.3 Å². The summed E-state index contributed by atoms with van der Waals surface area (Å²) in [4.78, 5) is 79.2. The van der Waals surface area contributed by atoms with Crippen molar-refractivity contribution in [3.05, 3.63) is 90.5 Å². The molecule has 19 nitrogen and oxygen atoms in total. The number of carboxylic acids is 1. The van der Waals surface area contributed by atoms with Gasteiger partial charge in [0.25, 0.3) is 11.4 Å². The summed E-state index contributed by atoms with van der Waals surface area (Å²) < 4.78 is 31.2. The fourth-order valence-corrected chi connectivity index (χ4v) is 10.7. The van der Waals surface area contributed by atoms with Crippen molar-refractivity contribution in [3.63, 3.8) is 0 Å². The Labute approximate surface area is 318 Å². The molecule has 4 heterocycles. The zero-order valence-electron chi connectivity index (χ0n) is 30.1. The minimum absolute atomic E-state index is 0.0100. The van der Waals surface area contributed by atoms with Gasteiger partial charge in [-0.25, -0.2) is 27.1 Å². The number of hydrogen-bond donors (Lipinski definition) is 2. The molecule has 0 bridgehead atoms. The van der Waals surface area contributed by atoms with E-state index in [2.05, 4.69) is 0 Å². The van der Waals surface area contributed by atoms with Crippen LogP contribution in [-0.2, 0) is 37.4 Å². The zero-order chi connectivity index (χ0) is 40.4. The van der Waals surface area contributed by atoms with Crippen molar-refractivity contribution < 1.29 is 52.4 Å². The molecule has 4 amide bonds. The van der Waals surface area contributed by atoms with Crippen LogP contribution >= 0.6 is 11.8 Å². The summed E-state index contributed by atoms with van der Waals surface area (Å²) in [5, 5.41) is 43.0. The van der Waals surface area contributed by atoms with Crippen LogP contribution in [0.15, 0.2) is 59.1 Å². The van der Waals surface area contributed by atoms with Gasteiger partial charge >= 0.3 is 18.1 Å². The summed E-state index contributed by atoms with van der Waals surface area (Å²) in [7, 11) is -3.97. The van der Waals surface area contributed by atoms with E-state index in [0.717, 1.165) is 22.9 Å². The molecule has 3 fully saturated rings. The van der Waals surface area contributed by atoms with Crippen molar-refractivity contribution in [2.75, 3.05) is 25.9 Å². The number of aliphatic hydroxyl groups is 1. The normalized spacial score (nSPS) is 27.0. The number of nitrogens with zero attached hydrogens (tertiary/aromatic N) is 6. The Morgan fingerprint density at radius 3 is 2.05 bits per heavy atom. The van der Waals surface area contributed by atoms with Crippen molar-refractivity contribution >= 4 is 57.2 Å². The first-order chi connectivity index (χ1) is 25.7. The number of carbonyl (C=O) groups excluding carboxylic acids is 3. The van der Waals surface area contributed by atoms with Crippen LogP contribution in [0, 0.1) is 31.6 Å². The van der Waals surface area contributed by atoms with Gasteiger partial charge in [-0.2, -0.15) is 0 Å². The molecule has 4 aliphatic rings. The van der Waals surface area contributed by atoms with Gasteiger partial charge in [-0.1, -0.05) is 19.1 Å². The molecule has 2 N–H and O–H groups in total. The lowest BCUT2D eigenvalue weighted by Crippen LogP contribution is -2.66. The monoisotopic (exact) mass is 802 g/mol. The molecule has 6 atom stereocenters. The number of likely N-dealkylation sites (tertiary alicyclic amines) is 1. The average molecular weight is 803 g/mol. The van der Waals surface area contributed by atoms with Gasteiger partial charge < -0.3 is 19.8 Å². The molecular weight excluding hydrogens is 765 g/mol. The summed E-state index contributed by atoms with van der Waals surface area (Å²) in [6.45, 7) is 4.09. The first-order valence-electron chi connectivity index (χ1n) is 17.0. The van der Waals surface area contributed by atoms with Crippen LogP contribution in [0.5, 0.6) is 0 Å². The van der Waals surface area contributed by atoms with E-state index in [1.807, 2.05) is 0 Å². The first kappa shape index (κ1) is 39.4. The molecule has 0 unspecified atom stereocenters. The Balaban J connectivity index is 1.36. The SMILES string of the molecule is C[C@@H](O)[C@H]1C(=O)N2C(C(=O)O)=C(S[C@@H]3CN(C(=O)OCc4ccc([N+](=O)[O-])cc4)[C@](C)(N4CCN(S(C)(=O)=O)C4=O)C3)[C@](C)(Cc3ccc([N+](=O)[O-])cc3)[C@H]12. The topological polar surface area (TPSA) is 251 Å². The molecule has 3 saturated heterocycles. The Hall–Kier alpha value is -5.28. The predicted molar refractivity (Wildman–Crippen MR) is 193 cm³/mol. The average Bonchev–Trinajstić information content (AvgIpc) is 3.73. The van der Waals surface area contributed by atoms with E-state index < -0.39 is 78.3 Å². The van der Waals surface area contributed by atoms with Crippen molar-refractivity contribution in [2.45, 2.75) is 63.3 Å². The van der Waals surface area contributed by atoms with E-state index in [4.69, 9.17) is 4.74 Å². The number of urea groups is 1. The number of carboxylic acid groups (broad SMARTS) is 1. The van der Waals surface area contributed by atoms with Gasteiger partial charge in [0.15, 0.2) is 0 Å². The van der Waals surface area contributed by atoms with E-state index in [9.17, 15) is 58.0 Å². The highest BCUT2D eigenvalue weighted by atomic mass is 32.2. The lowest BCUT2D eigenvalue weighted by atomic mass is 9.67. The number of β-lactam (4-membered cyclic amide) rings is 1. The minimum atomic E-state index is -3.97. The molecule has 2 aromatic rings. The molecule has 0 saturated carbocycles. The molecule has 55 heavy (non-hydrogen) atoms. The highest BCUT2D eigenvalue weighted by Gasteiger charge is 2.67. The quantitative estimate of drug-likeness (QED) is 0.178. The number of thioether (sulfide) groups is 1. The summed E-state index contributed by atoms with van der Waals surface area (Å²) in [5.74, 6) is -2.95. The predicted octanol–water partition coefficient (Wildman–Crippen LogP) is 3.13. The summed E-state index contributed by atoms with van der Waals surface area (Å²) >= 11 is 1.09. The molecule has 2 aromatic carbocycles. The van der Waals surface area contributed by atoms with Gasteiger partial charge in [0.2, 0.25) is 15.9 Å². The largest absolute Gasteiger partial charge is 0.477 e. The number of carbonyl (C=O) groups is 4. The maximum absolute atomic E-state index is 13.9. The number of nitro groups is 2. The number of aliphatic hydroxyl groups excluding tert-OH is 1. The van der Waals surface area contributed by atoms with Gasteiger partial charge in [0.1, 0.15) is 18.0 Å². The molecule has 0 aromatic heterocycles. The molecule has 6 rings (SSSR count). The fraction of sp³-hybridized carbons (Fsp3) is 0.471. The van der Waals surface area contributed by atoms with E-state index in [1.54, 1.807) is 13.8 Å². The third kappa shape index (κ3) is 6.84. The van der Waals surface area contributed by atoms with Crippen LogP contribution in [0.2, 0.25) is 0 Å². The number of benzene rings is 2.